The molecule has 2 N–H and O–H groups in total. The highest BCUT2D eigenvalue weighted by molar-refractivity contribution is 7.81. The van der Waals surface area contributed by atoms with E-state index in [1.807, 2.05) is 12.2 Å². The van der Waals surface area contributed by atoms with Gasteiger partial charge in [-0.3, -0.25) is 14.6 Å². The van der Waals surface area contributed by atoms with Crippen molar-refractivity contribution in [2.24, 2.45) is 4.99 Å². The monoisotopic (exact) mass is 413 g/mol. The highest BCUT2D eigenvalue weighted by atomic mass is 32.1. The molecule has 1 aliphatic carbocycles. The normalized spacial score (nSPS) is 18.7. The zero-order valence-corrected chi connectivity index (χ0v) is 18.3. The lowest BCUT2D eigenvalue weighted by Gasteiger charge is -2.15. The Balaban J connectivity index is 1.71. The van der Waals surface area contributed by atoms with E-state index in [2.05, 4.69) is 53.9 Å². The maximum absolute atomic E-state index is 12.6. The summed E-state index contributed by atoms with van der Waals surface area (Å²) >= 11 is 4.49. The number of unbranched alkanes of at least 4 members (excludes halogenated alkanes) is 2. The molecule has 0 aromatic heterocycles. The zero-order valence-electron chi connectivity index (χ0n) is 17.4. The number of nitrogens with one attached hydrogen (secondary N) is 2. The number of thiol groups is 1. The van der Waals surface area contributed by atoms with Crippen molar-refractivity contribution in [3.05, 3.63) is 34.6 Å². The van der Waals surface area contributed by atoms with Crippen LogP contribution in [0, 0.1) is 11.8 Å². The maximum Gasteiger partial charge on any atom is 0.249 e. The molecule has 0 spiro atoms. The molecule has 0 aromatic carbocycles. The fraction of sp³-hybridized carbons (Fsp3) is 0.522. The third-order valence-electron chi connectivity index (χ3n) is 4.91. The molecule has 0 aromatic rings. The van der Waals surface area contributed by atoms with E-state index in [4.69, 9.17) is 0 Å². The van der Waals surface area contributed by atoms with Crippen LogP contribution in [0.15, 0.2) is 39.6 Å². The third kappa shape index (κ3) is 7.94. The Hall–Kier alpha value is -2.26. The van der Waals surface area contributed by atoms with Crippen molar-refractivity contribution < 1.29 is 9.59 Å². The molecule has 2 rings (SSSR count). The molecular formula is C23H31N3O2S. The number of nitrogens with zero attached hydrogens (tertiary/aromatic N) is 1. The maximum atomic E-state index is 12.6. The van der Waals surface area contributed by atoms with Gasteiger partial charge in [0.25, 0.3) is 0 Å². The van der Waals surface area contributed by atoms with Crippen molar-refractivity contribution in [2.75, 3.05) is 13.1 Å². The minimum absolute atomic E-state index is 0.0130. The molecular weight excluding hydrogens is 382 g/mol. The number of hydrogen-bond donors (Lipinski definition) is 3. The number of hydrogen-bond acceptors (Lipinski definition) is 4. The predicted molar refractivity (Wildman–Crippen MR) is 122 cm³/mol. The molecule has 0 saturated carbocycles. The molecule has 1 heterocycles. The quantitative estimate of drug-likeness (QED) is 0.308. The molecule has 1 aliphatic heterocycles. The third-order valence-corrected chi connectivity index (χ3v) is 5.32. The lowest BCUT2D eigenvalue weighted by atomic mass is 9.97. The second-order valence-electron chi connectivity index (χ2n) is 7.26. The summed E-state index contributed by atoms with van der Waals surface area (Å²) in [6.45, 7) is 5.51. The summed E-state index contributed by atoms with van der Waals surface area (Å²) in [6.07, 6.45) is 11.1. The van der Waals surface area contributed by atoms with Crippen molar-refractivity contribution in [3.8, 4) is 11.8 Å². The van der Waals surface area contributed by atoms with Gasteiger partial charge in [0, 0.05) is 37.7 Å². The molecule has 1 unspecified atom stereocenters. The first kappa shape index (κ1) is 23.0. The van der Waals surface area contributed by atoms with Crippen LogP contribution in [0.5, 0.6) is 0 Å². The van der Waals surface area contributed by atoms with Crippen LogP contribution in [0.25, 0.3) is 0 Å². The van der Waals surface area contributed by atoms with Crippen LogP contribution in [0.4, 0.5) is 0 Å². The summed E-state index contributed by atoms with van der Waals surface area (Å²) in [5.74, 6) is 6.05. The van der Waals surface area contributed by atoms with E-state index in [1.54, 1.807) is 6.21 Å². The molecule has 5 nitrogen and oxygen atoms in total. The molecule has 156 valence electrons. The van der Waals surface area contributed by atoms with Crippen LogP contribution in [0.1, 0.15) is 58.8 Å². The largest absolute Gasteiger partial charge is 0.352 e. The molecule has 0 bridgehead atoms. The van der Waals surface area contributed by atoms with Gasteiger partial charge in [-0.05, 0) is 44.3 Å². The molecule has 0 saturated heterocycles. The van der Waals surface area contributed by atoms with Crippen LogP contribution in [-0.4, -0.2) is 36.4 Å². The molecule has 6 heteroatoms. The lowest BCUT2D eigenvalue weighted by Crippen LogP contribution is -2.29. The summed E-state index contributed by atoms with van der Waals surface area (Å²) in [7, 11) is 0. The Morgan fingerprint density at radius 2 is 2.14 bits per heavy atom. The van der Waals surface area contributed by atoms with Gasteiger partial charge in [0.15, 0.2) is 0 Å². The minimum atomic E-state index is -0.369. The molecule has 29 heavy (non-hydrogen) atoms. The number of amides is 2. The fourth-order valence-corrected chi connectivity index (χ4v) is 3.45. The number of carbonyl (C=O) groups is 2. The fourth-order valence-electron chi connectivity index (χ4n) is 3.16. The van der Waals surface area contributed by atoms with E-state index in [0.29, 0.717) is 18.5 Å². The average molecular weight is 414 g/mol. The summed E-state index contributed by atoms with van der Waals surface area (Å²) in [5.41, 5.74) is 3.77. The predicted octanol–water partition coefficient (Wildman–Crippen LogP) is 3.50. The van der Waals surface area contributed by atoms with Crippen LogP contribution >= 0.6 is 12.6 Å². The summed E-state index contributed by atoms with van der Waals surface area (Å²) in [6, 6.07) is 0. The second kappa shape index (κ2) is 12.3. The Labute approximate surface area is 179 Å². The topological polar surface area (TPSA) is 70.6 Å². The van der Waals surface area contributed by atoms with Gasteiger partial charge in [-0.25, -0.2) is 0 Å². The second-order valence-corrected chi connectivity index (χ2v) is 7.77. The van der Waals surface area contributed by atoms with Crippen LogP contribution in [0.2, 0.25) is 0 Å². The average Bonchev–Trinajstić information content (AvgIpc) is 2.70. The van der Waals surface area contributed by atoms with Crippen molar-refractivity contribution in [1.82, 2.24) is 10.6 Å². The number of allylic oxidation sites excluding steroid dienone is 4. The van der Waals surface area contributed by atoms with Gasteiger partial charge in [-0.2, -0.15) is 12.6 Å². The van der Waals surface area contributed by atoms with Gasteiger partial charge in [0.1, 0.15) is 0 Å². The standard InChI is InChI=1S/C23H31N3O2S/c1-3-18-15-20(21(29)11-7-9-17(18)2)23(28)25-14-6-4-5-12-22(27)26-19-10-8-13-24-16-19/h10,15-16,21,29H,3-6,8-9,12-14H2,1-2H3,(H,25,28)(H,26,27). The molecule has 0 fully saturated rings. The van der Waals surface area contributed by atoms with Crippen molar-refractivity contribution >= 4 is 30.7 Å². The van der Waals surface area contributed by atoms with Crippen LogP contribution < -0.4 is 10.6 Å². The van der Waals surface area contributed by atoms with E-state index in [1.165, 1.54) is 5.57 Å². The molecule has 0 radical (unpaired) electrons. The van der Waals surface area contributed by atoms with E-state index in [-0.39, 0.29) is 17.1 Å². The molecule has 2 aliphatic rings. The first-order valence-electron chi connectivity index (χ1n) is 10.4. The number of rotatable bonds is 9. The van der Waals surface area contributed by atoms with E-state index in [9.17, 15) is 9.59 Å². The van der Waals surface area contributed by atoms with Crippen LogP contribution in [0.3, 0.4) is 0 Å². The van der Waals surface area contributed by atoms with Gasteiger partial charge >= 0.3 is 0 Å². The van der Waals surface area contributed by atoms with Crippen molar-refractivity contribution in [1.29, 1.82) is 0 Å². The minimum Gasteiger partial charge on any atom is -0.352 e. The summed E-state index contributed by atoms with van der Waals surface area (Å²) in [5, 5.41) is 5.47. The lowest BCUT2D eigenvalue weighted by molar-refractivity contribution is -0.120. The smallest absolute Gasteiger partial charge is 0.249 e. The highest BCUT2D eigenvalue weighted by Gasteiger charge is 2.18. The zero-order chi connectivity index (χ0) is 21.1. The SMILES string of the molecule is CCC1=C(C)CC#CC(S)C(C(=O)NCCCCCC(=O)NC2=CCCN=C2)=C1. The van der Waals surface area contributed by atoms with Crippen LogP contribution in [-0.2, 0) is 9.59 Å². The first-order chi connectivity index (χ1) is 14.0. The molecule has 2 amide bonds. The van der Waals surface area contributed by atoms with Crippen molar-refractivity contribution in [3.63, 3.8) is 0 Å². The number of aliphatic imine (C=N–C) groups is 1. The Morgan fingerprint density at radius 3 is 2.86 bits per heavy atom. The van der Waals surface area contributed by atoms with E-state index in [0.717, 1.165) is 56.3 Å². The van der Waals surface area contributed by atoms with Gasteiger partial charge in [-0.1, -0.05) is 36.8 Å². The number of dihydropyridines is 1. The number of carbonyl (C=O) groups excluding carboxylic acids is 2. The van der Waals surface area contributed by atoms with E-state index < -0.39 is 0 Å². The van der Waals surface area contributed by atoms with Gasteiger partial charge in [0.05, 0.1) is 10.9 Å². The Morgan fingerprint density at radius 1 is 1.31 bits per heavy atom. The van der Waals surface area contributed by atoms with Gasteiger partial charge in [-0.15, -0.1) is 0 Å². The van der Waals surface area contributed by atoms with Gasteiger partial charge < -0.3 is 10.6 Å². The summed E-state index contributed by atoms with van der Waals surface area (Å²) in [4.78, 5) is 28.7. The first-order valence-corrected chi connectivity index (χ1v) is 10.9. The summed E-state index contributed by atoms with van der Waals surface area (Å²) < 4.78 is 0. The van der Waals surface area contributed by atoms with Crippen molar-refractivity contribution in [2.45, 2.75) is 64.0 Å². The molecule has 1 atom stereocenters. The van der Waals surface area contributed by atoms with E-state index >= 15 is 0 Å². The highest BCUT2D eigenvalue weighted by Crippen LogP contribution is 2.21. The van der Waals surface area contributed by atoms with Gasteiger partial charge in [0.2, 0.25) is 11.8 Å². The Kier molecular flexibility index (Phi) is 9.79. The Bertz CT molecular complexity index is 797.